The molecule has 3 N–H and O–H groups in total. The molecule has 0 aliphatic heterocycles. The summed E-state index contributed by atoms with van der Waals surface area (Å²) in [6.07, 6.45) is 7.21. The summed E-state index contributed by atoms with van der Waals surface area (Å²) in [6.45, 7) is 0. The van der Waals surface area contributed by atoms with E-state index in [-0.39, 0.29) is 17.2 Å². The molecule has 0 unspecified atom stereocenters. The number of nitrogens with zero attached hydrogens (tertiary/aromatic N) is 1. The number of hydrogen-bond donors (Lipinski definition) is 2. The number of nitrogen functional groups attached to an aromatic ring is 1. The summed E-state index contributed by atoms with van der Waals surface area (Å²) in [6, 6.07) is 0.825. The first kappa shape index (κ1) is 12.4. The van der Waals surface area contributed by atoms with Gasteiger partial charge in [0.2, 0.25) is 0 Å². The summed E-state index contributed by atoms with van der Waals surface area (Å²) in [5, 5.41) is 3.29. The van der Waals surface area contributed by atoms with E-state index in [1.54, 1.807) is 0 Å². The predicted molar refractivity (Wildman–Crippen MR) is 73.1 cm³/mol. The van der Waals surface area contributed by atoms with Crippen molar-refractivity contribution < 1.29 is 8.78 Å². The summed E-state index contributed by atoms with van der Waals surface area (Å²) in [5.74, 6) is 0.717. The summed E-state index contributed by atoms with van der Waals surface area (Å²) < 4.78 is 27.1. The molecule has 0 spiro atoms. The molecule has 0 saturated heterocycles. The van der Waals surface area contributed by atoms with E-state index >= 15 is 0 Å². The first-order valence-corrected chi connectivity index (χ1v) is 7.43. The topological polar surface area (TPSA) is 50.9 Å². The molecule has 0 aromatic carbocycles. The maximum Gasteiger partial charge on any atom is 0.168 e. The van der Waals surface area contributed by atoms with E-state index in [1.165, 1.54) is 19.3 Å². The Kier molecular flexibility index (Phi) is 2.51. The van der Waals surface area contributed by atoms with Gasteiger partial charge in [-0.25, -0.2) is 13.8 Å². The molecule has 0 atom stereocenters. The Labute approximate surface area is 117 Å². The zero-order valence-corrected chi connectivity index (χ0v) is 11.3. The minimum Gasteiger partial charge on any atom is -0.381 e. The van der Waals surface area contributed by atoms with E-state index in [9.17, 15) is 8.78 Å². The first-order chi connectivity index (χ1) is 9.53. The Bertz CT molecular complexity index is 523. The zero-order valence-electron chi connectivity index (χ0n) is 11.3. The maximum atomic E-state index is 13.9. The van der Waals surface area contributed by atoms with Crippen molar-refractivity contribution in [2.24, 2.45) is 17.8 Å². The first-order valence-electron chi connectivity index (χ1n) is 7.43. The van der Waals surface area contributed by atoms with Gasteiger partial charge in [-0.3, -0.25) is 0 Å². The second kappa shape index (κ2) is 4.06. The minimum absolute atomic E-state index is 0.0488. The number of aromatic nitrogens is 1. The minimum atomic E-state index is -0.793. The van der Waals surface area contributed by atoms with Gasteiger partial charge in [0.1, 0.15) is 0 Å². The fourth-order valence-electron chi connectivity index (χ4n) is 5.08. The van der Waals surface area contributed by atoms with Crippen molar-refractivity contribution >= 4 is 11.6 Å². The number of nitrogens with two attached hydrogens (primary N) is 1. The Balaban J connectivity index is 1.64. The molecule has 1 aromatic rings. The normalized spacial score (nSPS) is 38.2. The lowest BCUT2D eigenvalue weighted by atomic mass is 9.53. The molecule has 5 rings (SSSR count). The fourth-order valence-corrected chi connectivity index (χ4v) is 5.08. The molecule has 20 heavy (non-hydrogen) atoms. The third-order valence-corrected chi connectivity index (χ3v) is 5.38. The zero-order chi connectivity index (χ0) is 13.9. The predicted octanol–water partition coefficient (Wildman–Crippen LogP) is 3.32. The van der Waals surface area contributed by atoms with Crippen LogP contribution in [0.3, 0.4) is 0 Å². The third-order valence-electron chi connectivity index (χ3n) is 5.38. The van der Waals surface area contributed by atoms with E-state index in [0.29, 0.717) is 0 Å². The van der Waals surface area contributed by atoms with Crippen molar-refractivity contribution in [3.63, 3.8) is 0 Å². The number of hydrogen-bond acceptors (Lipinski definition) is 3. The highest BCUT2D eigenvalue weighted by Gasteiger charge is 2.51. The molecule has 1 heterocycles. The van der Waals surface area contributed by atoms with E-state index in [2.05, 4.69) is 10.3 Å². The highest BCUT2D eigenvalue weighted by Crippen LogP contribution is 2.56. The van der Waals surface area contributed by atoms with Crippen LogP contribution in [0.2, 0.25) is 0 Å². The fraction of sp³-hybridized carbons (Fsp3) is 0.667. The highest BCUT2D eigenvalue weighted by molar-refractivity contribution is 5.47. The Morgan fingerprint density at radius 2 is 1.60 bits per heavy atom. The van der Waals surface area contributed by atoms with Gasteiger partial charge >= 0.3 is 0 Å². The summed E-state index contributed by atoms with van der Waals surface area (Å²) >= 11 is 0. The van der Waals surface area contributed by atoms with Crippen molar-refractivity contribution in [1.82, 2.24) is 4.98 Å². The average Bonchev–Trinajstić information content (AvgIpc) is 2.34. The highest BCUT2D eigenvalue weighted by atomic mass is 19.1. The number of pyridine rings is 1. The van der Waals surface area contributed by atoms with Crippen LogP contribution < -0.4 is 11.1 Å². The van der Waals surface area contributed by atoms with Crippen molar-refractivity contribution in [2.45, 2.75) is 44.1 Å². The number of rotatable bonds is 2. The van der Waals surface area contributed by atoms with E-state index in [4.69, 9.17) is 5.73 Å². The van der Waals surface area contributed by atoms with E-state index in [0.717, 1.165) is 43.1 Å². The molecule has 4 saturated carbocycles. The van der Waals surface area contributed by atoms with Gasteiger partial charge in [0, 0.05) is 11.6 Å². The monoisotopic (exact) mass is 279 g/mol. The van der Waals surface area contributed by atoms with Crippen molar-refractivity contribution in [3.8, 4) is 0 Å². The Morgan fingerprint density at radius 3 is 2.15 bits per heavy atom. The molecule has 0 radical (unpaired) electrons. The maximum absolute atomic E-state index is 13.9. The lowest BCUT2D eigenvalue weighted by molar-refractivity contribution is 0.0104. The molecular weight excluding hydrogens is 260 g/mol. The number of nitrogens with one attached hydrogen (secondary N) is 1. The molecule has 4 aliphatic rings. The number of anilines is 2. The number of halogens is 2. The van der Waals surface area contributed by atoms with Gasteiger partial charge in [-0.1, -0.05) is 0 Å². The van der Waals surface area contributed by atoms with Crippen molar-refractivity contribution in [3.05, 3.63) is 17.7 Å². The van der Waals surface area contributed by atoms with Crippen LogP contribution in [0.15, 0.2) is 6.07 Å². The van der Waals surface area contributed by atoms with Crippen LogP contribution >= 0.6 is 0 Å². The molecule has 4 fully saturated rings. The standard InChI is InChI=1S/C15H19F2N3/c16-11-4-12(17)14(19-13(11)18)20-15-5-8-1-9(6-15)3-10(2-8)7-15/h4,8-10H,1-3,5-7H2,(H3,18,19,20). The average molecular weight is 279 g/mol. The van der Waals surface area contributed by atoms with Crippen LogP contribution in [0.4, 0.5) is 20.4 Å². The Morgan fingerprint density at radius 1 is 1.05 bits per heavy atom. The van der Waals surface area contributed by atoms with Crippen LogP contribution in [0.5, 0.6) is 0 Å². The van der Waals surface area contributed by atoms with E-state index in [1.807, 2.05) is 0 Å². The third kappa shape index (κ3) is 1.86. The van der Waals surface area contributed by atoms with Gasteiger partial charge in [-0.2, -0.15) is 0 Å². The Hall–Kier alpha value is -1.39. The molecule has 5 heteroatoms. The summed E-state index contributed by atoms with van der Waals surface area (Å²) in [5.41, 5.74) is 5.42. The van der Waals surface area contributed by atoms with Gasteiger partial charge < -0.3 is 11.1 Å². The second-order valence-corrected chi connectivity index (χ2v) is 7.01. The molecule has 4 aliphatic carbocycles. The largest absolute Gasteiger partial charge is 0.381 e. The quantitative estimate of drug-likeness (QED) is 0.873. The molecule has 1 aromatic heterocycles. The molecular formula is C15H19F2N3. The van der Waals surface area contributed by atoms with Gasteiger partial charge in [0.25, 0.3) is 0 Å². The van der Waals surface area contributed by atoms with Gasteiger partial charge in [0.05, 0.1) is 0 Å². The van der Waals surface area contributed by atoms with Gasteiger partial charge in [-0.15, -0.1) is 0 Å². The van der Waals surface area contributed by atoms with Crippen LogP contribution in [0.25, 0.3) is 0 Å². The van der Waals surface area contributed by atoms with Gasteiger partial charge in [0.15, 0.2) is 23.3 Å². The summed E-state index contributed by atoms with van der Waals surface area (Å²) in [7, 11) is 0. The van der Waals surface area contributed by atoms with Crippen molar-refractivity contribution in [1.29, 1.82) is 0 Å². The van der Waals surface area contributed by atoms with Crippen LogP contribution in [0.1, 0.15) is 38.5 Å². The lowest BCUT2D eigenvalue weighted by Gasteiger charge is -2.57. The lowest BCUT2D eigenvalue weighted by Crippen LogP contribution is -2.55. The van der Waals surface area contributed by atoms with E-state index < -0.39 is 11.6 Å². The van der Waals surface area contributed by atoms with Gasteiger partial charge in [-0.05, 0) is 56.3 Å². The molecule has 108 valence electrons. The van der Waals surface area contributed by atoms with Crippen LogP contribution in [-0.2, 0) is 0 Å². The van der Waals surface area contributed by atoms with Crippen LogP contribution in [0, 0.1) is 29.4 Å². The van der Waals surface area contributed by atoms with Crippen LogP contribution in [-0.4, -0.2) is 10.5 Å². The molecule has 0 amide bonds. The van der Waals surface area contributed by atoms with Crippen molar-refractivity contribution in [2.75, 3.05) is 11.1 Å². The second-order valence-electron chi connectivity index (χ2n) is 7.01. The molecule has 4 bridgehead atoms. The summed E-state index contributed by atoms with van der Waals surface area (Å²) in [4.78, 5) is 3.87. The molecule has 3 nitrogen and oxygen atoms in total. The smallest absolute Gasteiger partial charge is 0.168 e. The SMILES string of the molecule is Nc1nc(NC23CC4CC(CC(C4)C2)C3)c(F)cc1F.